The van der Waals surface area contributed by atoms with Crippen molar-refractivity contribution in [1.29, 1.82) is 0 Å². The van der Waals surface area contributed by atoms with Gasteiger partial charge in [0.15, 0.2) is 5.58 Å². The molecule has 0 aliphatic heterocycles. The van der Waals surface area contributed by atoms with Crippen LogP contribution in [0.25, 0.3) is 22.6 Å². The minimum atomic E-state index is -0.396. The number of hydrogen-bond donors (Lipinski definition) is 2. The van der Waals surface area contributed by atoms with Crippen LogP contribution in [0.15, 0.2) is 52.9 Å². The standard InChI is InChI=1S/C22H16Cl2N2O3/c1-11-7-18-20(8-12(11)2)29-22(26-18)16-10-14(4-6-19(16)27)25-21(28)15-5-3-13(23)9-17(15)24/h3-10,27H,1-2H3,(H,25,28). The van der Waals surface area contributed by atoms with Crippen molar-refractivity contribution in [2.24, 2.45) is 0 Å². The van der Waals surface area contributed by atoms with Gasteiger partial charge < -0.3 is 14.8 Å². The van der Waals surface area contributed by atoms with Gasteiger partial charge in [-0.25, -0.2) is 4.98 Å². The number of phenols is 1. The molecule has 4 rings (SSSR count). The number of aromatic nitrogens is 1. The number of aromatic hydroxyl groups is 1. The van der Waals surface area contributed by atoms with Gasteiger partial charge in [0, 0.05) is 10.7 Å². The summed E-state index contributed by atoms with van der Waals surface area (Å²) >= 11 is 12.0. The zero-order chi connectivity index (χ0) is 20.7. The second kappa shape index (κ2) is 7.43. The number of carbonyl (C=O) groups is 1. The zero-order valence-electron chi connectivity index (χ0n) is 15.6. The maximum Gasteiger partial charge on any atom is 0.257 e. The quantitative estimate of drug-likeness (QED) is 0.372. The van der Waals surface area contributed by atoms with Crippen molar-refractivity contribution < 1.29 is 14.3 Å². The van der Waals surface area contributed by atoms with E-state index in [4.69, 9.17) is 27.6 Å². The van der Waals surface area contributed by atoms with Gasteiger partial charge >= 0.3 is 0 Å². The lowest BCUT2D eigenvalue weighted by Gasteiger charge is -2.09. The van der Waals surface area contributed by atoms with E-state index in [9.17, 15) is 9.90 Å². The van der Waals surface area contributed by atoms with Crippen LogP contribution in [-0.2, 0) is 0 Å². The topological polar surface area (TPSA) is 75.4 Å². The molecule has 1 heterocycles. The Bertz CT molecular complexity index is 1230. The fourth-order valence-corrected chi connectivity index (χ4v) is 3.45. The first-order chi connectivity index (χ1) is 13.8. The Kier molecular flexibility index (Phi) is 4.94. The molecule has 146 valence electrons. The van der Waals surface area contributed by atoms with Crippen molar-refractivity contribution in [3.8, 4) is 17.2 Å². The molecule has 1 amide bonds. The number of aryl methyl sites for hydroxylation is 2. The number of benzene rings is 3. The van der Waals surface area contributed by atoms with Crippen LogP contribution in [0.3, 0.4) is 0 Å². The molecular formula is C22H16Cl2N2O3. The van der Waals surface area contributed by atoms with Gasteiger partial charge in [0.1, 0.15) is 11.3 Å². The van der Waals surface area contributed by atoms with Crippen LogP contribution in [0.5, 0.6) is 5.75 Å². The van der Waals surface area contributed by atoms with Crippen molar-refractivity contribution in [3.05, 3.63) is 75.3 Å². The molecule has 0 aliphatic carbocycles. The van der Waals surface area contributed by atoms with Crippen molar-refractivity contribution in [2.75, 3.05) is 5.32 Å². The third kappa shape index (κ3) is 3.79. The molecule has 0 saturated carbocycles. The molecule has 0 unspecified atom stereocenters. The highest BCUT2D eigenvalue weighted by Crippen LogP contribution is 2.34. The van der Waals surface area contributed by atoms with Crippen LogP contribution >= 0.6 is 23.2 Å². The number of nitrogens with one attached hydrogen (secondary N) is 1. The Labute approximate surface area is 176 Å². The number of fused-ring (bicyclic) bond motifs is 1. The predicted molar refractivity (Wildman–Crippen MR) is 115 cm³/mol. The van der Waals surface area contributed by atoms with Crippen LogP contribution in [0.2, 0.25) is 10.0 Å². The molecule has 2 N–H and O–H groups in total. The van der Waals surface area contributed by atoms with Gasteiger partial charge in [-0.05, 0) is 73.5 Å². The summed E-state index contributed by atoms with van der Waals surface area (Å²) in [7, 11) is 0. The molecule has 0 saturated heterocycles. The van der Waals surface area contributed by atoms with E-state index in [1.54, 1.807) is 24.3 Å². The second-order valence-electron chi connectivity index (χ2n) is 6.73. The molecule has 0 fully saturated rings. The number of hydrogen-bond acceptors (Lipinski definition) is 4. The molecule has 0 spiro atoms. The van der Waals surface area contributed by atoms with E-state index in [2.05, 4.69) is 10.3 Å². The Balaban J connectivity index is 1.68. The van der Waals surface area contributed by atoms with E-state index in [0.717, 1.165) is 11.1 Å². The molecule has 0 bridgehead atoms. The fourth-order valence-electron chi connectivity index (χ4n) is 2.95. The summed E-state index contributed by atoms with van der Waals surface area (Å²) in [6.45, 7) is 3.99. The number of amides is 1. The average molecular weight is 427 g/mol. The van der Waals surface area contributed by atoms with E-state index in [0.29, 0.717) is 32.9 Å². The summed E-state index contributed by atoms with van der Waals surface area (Å²) in [5, 5.41) is 13.8. The van der Waals surface area contributed by atoms with E-state index < -0.39 is 5.91 Å². The molecule has 3 aromatic carbocycles. The third-order valence-corrected chi connectivity index (χ3v) is 5.21. The molecule has 0 atom stereocenters. The number of halogens is 2. The Morgan fingerprint density at radius 3 is 2.55 bits per heavy atom. The number of oxazole rings is 1. The summed E-state index contributed by atoms with van der Waals surface area (Å²) in [6, 6.07) is 13.1. The maximum absolute atomic E-state index is 12.6. The van der Waals surface area contributed by atoms with Gasteiger partial charge in [-0.1, -0.05) is 23.2 Å². The third-order valence-electron chi connectivity index (χ3n) is 4.66. The highest BCUT2D eigenvalue weighted by Gasteiger charge is 2.16. The SMILES string of the molecule is Cc1cc2nc(-c3cc(NC(=O)c4ccc(Cl)cc4Cl)ccc3O)oc2cc1C. The molecule has 4 aromatic rings. The monoisotopic (exact) mass is 426 g/mol. The molecule has 5 nitrogen and oxygen atoms in total. The van der Waals surface area contributed by atoms with Gasteiger partial charge in [-0.15, -0.1) is 0 Å². The van der Waals surface area contributed by atoms with E-state index in [1.807, 2.05) is 26.0 Å². The number of rotatable bonds is 3. The molecular weight excluding hydrogens is 411 g/mol. The largest absolute Gasteiger partial charge is 0.507 e. The highest BCUT2D eigenvalue weighted by atomic mass is 35.5. The first kappa shape index (κ1) is 19.3. The lowest BCUT2D eigenvalue weighted by atomic mass is 10.1. The smallest absolute Gasteiger partial charge is 0.257 e. The van der Waals surface area contributed by atoms with Crippen molar-refractivity contribution in [2.45, 2.75) is 13.8 Å². The minimum absolute atomic E-state index is 0.00692. The Morgan fingerprint density at radius 1 is 1.03 bits per heavy atom. The van der Waals surface area contributed by atoms with Crippen LogP contribution in [0.1, 0.15) is 21.5 Å². The normalized spacial score (nSPS) is 11.0. The summed E-state index contributed by atoms with van der Waals surface area (Å²) < 4.78 is 5.83. The molecule has 0 radical (unpaired) electrons. The summed E-state index contributed by atoms with van der Waals surface area (Å²) in [5.74, 6) is -0.136. The summed E-state index contributed by atoms with van der Waals surface area (Å²) in [5.41, 5.74) is 4.64. The lowest BCUT2D eigenvalue weighted by molar-refractivity contribution is 0.102. The Hall–Kier alpha value is -3.02. The van der Waals surface area contributed by atoms with Gasteiger partial charge in [-0.2, -0.15) is 0 Å². The first-order valence-electron chi connectivity index (χ1n) is 8.79. The van der Waals surface area contributed by atoms with Crippen LogP contribution in [0, 0.1) is 13.8 Å². The summed E-state index contributed by atoms with van der Waals surface area (Å²) in [4.78, 5) is 17.0. The molecule has 0 aliphatic rings. The maximum atomic E-state index is 12.6. The van der Waals surface area contributed by atoms with Gasteiger partial charge in [0.05, 0.1) is 16.1 Å². The van der Waals surface area contributed by atoms with Gasteiger partial charge in [0.2, 0.25) is 5.89 Å². The van der Waals surface area contributed by atoms with Crippen molar-refractivity contribution in [1.82, 2.24) is 4.98 Å². The van der Waals surface area contributed by atoms with Gasteiger partial charge in [0.25, 0.3) is 5.91 Å². The molecule has 29 heavy (non-hydrogen) atoms. The second-order valence-corrected chi connectivity index (χ2v) is 7.58. The fraction of sp³-hybridized carbons (Fsp3) is 0.0909. The Morgan fingerprint density at radius 2 is 1.79 bits per heavy atom. The number of anilines is 1. The van der Waals surface area contributed by atoms with E-state index in [1.165, 1.54) is 12.1 Å². The average Bonchev–Trinajstić information content (AvgIpc) is 3.06. The molecule has 7 heteroatoms. The van der Waals surface area contributed by atoms with E-state index >= 15 is 0 Å². The van der Waals surface area contributed by atoms with Crippen molar-refractivity contribution in [3.63, 3.8) is 0 Å². The van der Waals surface area contributed by atoms with Crippen molar-refractivity contribution >= 4 is 45.9 Å². The van der Waals surface area contributed by atoms with Crippen LogP contribution in [-0.4, -0.2) is 16.0 Å². The van der Waals surface area contributed by atoms with E-state index in [-0.39, 0.29) is 16.7 Å². The summed E-state index contributed by atoms with van der Waals surface area (Å²) in [6.07, 6.45) is 0. The van der Waals surface area contributed by atoms with Gasteiger partial charge in [-0.3, -0.25) is 4.79 Å². The lowest BCUT2D eigenvalue weighted by Crippen LogP contribution is -2.12. The zero-order valence-corrected chi connectivity index (χ0v) is 17.1. The first-order valence-corrected chi connectivity index (χ1v) is 9.55. The highest BCUT2D eigenvalue weighted by molar-refractivity contribution is 6.37. The van der Waals surface area contributed by atoms with Crippen LogP contribution in [0.4, 0.5) is 5.69 Å². The van der Waals surface area contributed by atoms with Crippen LogP contribution < -0.4 is 5.32 Å². The molecule has 1 aromatic heterocycles. The predicted octanol–water partition coefficient (Wildman–Crippen LogP) is 6.38. The minimum Gasteiger partial charge on any atom is -0.507 e. The number of nitrogens with zero attached hydrogens (tertiary/aromatic N) is 1. The number of carbonyl (C=O) groups excluding carboxylic acids is 1. The number of phenolic OH excluding ortho intramolecular Hbond substituents is 1.